The van der Waals surface area contributed by atoms with Crippen LogP contribution < -0.4 is 22.3 Å². The van der Waals surface area contributed by atoms with Gasteiger partial charge in [0.15, 0.2) is 0 Å². The fourth-order valence-corrected chi connectivity index (χ4v) is 0.388. The average molecular weight is 118 g/mol. The van der Waals surface area contributed by atoms with Gasteiger partial charge in [0.2, 0.25) is 0 Å². The third-order valence-corrected chi connectivity index (χ3v) is 0.767. The zero-order valence-electron chi connectivity index (χ0n) is 4.98. The molecule has 0 spiro atoms. The Balaban J connectivity index is 2.53. The summed E-state index contributed by atoms with van der Waals surface area (Å²) in [6.07, 6.45) is 0. The lowest BCUT2D eigenvalue weighted by Gasteiger charge is -1.99. The van der Waals surface area contributed by atoms with Crippen molar-refractivity contribution in [3.63, 3.8) is 0 Å². The lowest BCUT2D eigenvalue weighted by Crippen LogP contribution is -2.33. The summed E-state index contributed by atoms with van der Waals surface area (Å²) in [6.45, 7) is 3.22. The molecule has 0 radical (unpaired) electrons. The molecular weight excluding hydrogens is 104 g/mol. The van der Waals surface area contributed by atoms with Gasteiger partial charge < -0.3 is 11.1 Å². The molecule has 0 heterocycles. The first-order chi connectivity index (χ1) is 3.91. The lowest BCUT2D eigenvalue weighted by molar-refractivity contribution is 0.632. The third kappa shape index (κ3) is 5.84. The second kappa shape index (κ2) is 6.84. The summed E-state index contributed by atoms with van der Waals surface area (Å²) in [6, 6.07) is 0. The maximum absolute atomic E-state index is 5.20. The molecule has 0 saturated heterocycles. The first kappa shape index (κ1) is 7.84. The first-order valence-corrected chi connectivity index (χ1v) is 2.76. The SMILES string of the molecule is NCCNCCNN. The van der Waals surface area contributed by atoms with E-state index in [0.717, 1.165) is 19.6 Å². The molecule has 0 fully saturated rings. The van der Waals surface area contributed by atoms with E-state index in [0.29, 0.717) is 6.54 Å². The second-order valence-electron chi connectivity index (χ2n) is 1.49. The molecule has 0 aliphatic heterocycles. The Morgan fingerprint density at radius 2 is 1.88 bits per heavy atom. The molecule has 0 aromatic carbocycles. The van der Waals surface area contributed by atoms with E-state index >= 15 is 0 Å². The molecule has 4 heteroatoms. The smallest absolute Gasteiger partial charge is 0.0223 e. The molecule has 50 valence electrons. The molecule has 0 aliphatic rings. The van der Waals surface area contributed by atoms with Gasteiger partial charge >= 0.3 is 0 Å². The average Bonchev–Trinajstić information content (AvgIpc) is 1.81. The van der Waals surface area contributed by atoms with Crippen LogP contribution in [0, 0.1) is 0 Å². The lowest BCUT2D eigenvalue weighted by atomic mass is 10.6. The summed E-state index contributed by atoms with van der Waals surface area (Å²) in [4.78, 5) is 0. The van der Waals surface area contributed by atoms with Crippen molar-refractivity contribution in [3.8, 4) is 0 Å². The molecule has 0 atom stereocenters. The minimum atomic E-state index is 0.685. The molecule has 0 bridgehead atoms. The zero-order chi connectivity index (χ0) is 6.24. The van der Waals surface area contributed by atoms with Crippen LogP contribution in [0.25, 0.3) is 0 Å². The van der Waals surface area contributed by atoms with Gasteiger partial charge in [-0.2, -0.15) is 0 Å². The van der Waals surface area contributed by atoms with Crippen LogP contribution in [0.1, 0.15) is 0 Å². The summed E-state index contributed by atoms with van der Waals surface area (Å²) in [7, 11) is 0. The van der Waals surface area contributed by atoms with E-state index in [1.165, 1.54) is 0 Å². The van der Waals surface area contributed by atoms with Crippen LogP contribution in [0.15, 0.2) is 0 Å². The van der Waals surface area contributed by atoms with Gasteiger partial charge in [-0.3, -0.25) is 11.3 Å². The molecule has 0 aromatic rings. The molecule has 4 nitrogen and oxygen atoms in total. The van der Waals surface area contributed by atoms with Crippen LogP contribution in [0.4, 0.5) is 0 Å². The van der Waals surface area contributed by atoms with Crippen LogP contribution >= 0.6 is 0 Å². The van der Waals surface area contributed by atoms with Crippen molar-refractivity contribution in [1.82, 2.24) is 10.7 Å². The molecule has 6 N–H and O–H groups in total. The molecule has 0 aromatic heterocycles. The quantitative estimate of drug-likeness (QED) is 0.191. The van der Waals surface area contributed by atoms with Crippen LogP contribution in [-0.2, 0) is 0 Å². The highest BCUT2D eigenvalue weighted by molar-refractivity contribution is 4.46. The van der Waals surface area contributed by atoms with Gasteiger partial charge in [-0.15, -0.1) is 0 Å². The number of hydrazine groups is 1. The maximum atomic E-state index is 5.20. The molecule has 8 heavy (non-hydrogen) atoms. The standard InChI is InChI=1S/C4H14N4/c5-1-2-7-3-4-8-6/h7-8H,1-6H2. The maximum Gasteiger partial charge on any atom is 0.0223 e. The Hall–Kier alpha value is -0.160. The van der Waals surface area contributed by atoms with E-state index in [-0.39, 0.29) is 0 Å². The second-order valence-corrected chi connectivity index (χ2v) is 1.49. The minimum absolute atomic E-state index is 0.685. The molecule has 0 amide bonds. The van der Waals surface area contributed by atoms with E-state index in [4.69, 9.17) is 11.6 Å². The minimum Gasteiger partial charge on any atom is -0.329 e. The van der Waals surface area contributed by atoms with Crippen molar-refractivity contribution in [3.05, 3.63) is 0 Å². The van der Waals surface area contributed by atoms with Crippen molar-refractivity contribution < 1.29 is 0 Å². The van der Waals surface area contributed by atoms with E-state index in [9.17, 15) is 0 Å². The Morgan fingerprint density at radius 3 is 2.38 bits per heavy atom. The predicted molar refractivity (Wildman–Crippen MR) is 34.1 cm³/mol. The van der Waals surface area contributed by atoms with Crippen molar-refractivity contribution in [2.45, 2.75) is 0 Å². The normalized spacial score (nSPS) is 9.75. The number of hydrogen-bond acceptors (Lipinski definition) is 4. The summed E-state index contributed by atoms with van der Waals surface area (Å²) in [5, 5.41) is 3.07. The van der Waals surface area contributed by atoms with E-state index in [1.54, 1.807) is 0 Å². The molecule has 0 unspecified atom stereocenters. The molecule has 0 aliphatic carbocycles. The monoisotopic (exact) mass is 118 g/mol. The zero-order valence-corrected chi connectivity index (χ0v) is 4.98. The summed E-state index contributed by atoms with van der Waals surface area (Å²) in [5.41, 5.74) is 7.72. The third-order valence-electron chi connectivity index (χ3n) is 0.767. The van der Waals surface area contributed by atoms with E-state index in [1.807, 2.05) is 0 Å². The van der Waals surface area contributed by atoms with Crippen molar-refractivity contribution >= 4 is 0 Å². The Morgan fingerprint density at radius 1 is 1.12 bits per heavy atom. The topological polar surface area (TPSA) is 76.1 Å². The highest BCUT2D eigenvalue weighted by Crippen LogP contribution is 1.51. The van der Waals surface area contributed by atoms with Gasteiger partial charge in [0.05, 0.1) is 0 Å². The molecule has 0 saturated carbocycles. The van der Waals surface area contributed by atoms with Gasteiger partial charge in [-0.1, -0.05) is 0 Å². The Labute approximate surface area is 49.6 Å². The number of hydrogen-bond donors (Lipinski definition) is 4. The van der Waals surface area contributed by atoms with Crippen LogP contribution in [0.3, 0.4) is 0 Å². The summed E-state index contributed by atoms with van der Waals surface area (Å²) < 4.78 is 0. The fourth-order valence-electron chi connectivity index (χ4n) is 0.388. The van der Waals surface area contributed by atoms with Gasteiger partial charge in [-0.25, -0.2) is 0 Å². The van der Waals surface area contributed by atoms with E-state index in [2.05, 4.69) is 10.7 Å². The first-order valence-electron chi connectivity index (χ1n) is 2.76. The van der Waals surface area contributed by atoms with Gasteiger partial charge in [0.25, 0.3) is 0 Å². The highest BCUT2D eigenvalue weighted by Gasteiger charge is 1.79. The highest BCUT2D eigenvalue weighted by atomic mass is 15.2. The Kier molecular flexibility index (Phi) is 6.70. The van der Waals surface area contributed by atoms with Crippen LogP contribution in [0.2, 0.25) is 0 Å². The van der Waals surface area contributed by atoms with Crippen molar-refractivity contribution in [2.75, 3.05) is 26.2 Å². The number of nitrogens with one attached hydrogen (secondary N) is 2. The fraction of sp³-hybridized carbons (Fsp3) is 1.00. The summed E-state index contributed by atoms with van der Waals surface area (Å²) >= 11 is 0. The number of nitrogens with two attached hydrogens (primary N) is 2. The van der Waals surface area contributed by atoms with Crippen LogP contribution in [0.5, 0.6) is 0 Å². The van der Waals surface area contributed by atoms with Crippen molar-refractivity contribution in [1.29, 1.82) is 0 Å². The van der Waals surface area contributed by atoms with Gasteiger partial charge in [0, 0.05) is 26.2 Å². The van der Waals surface area contributed by atoms with Gasteiger partial charge in [0.1, 0.15) is 0 Å². The Bertz CT molecular complexity index is 33.0. The van der Waals surface area contributed by atoms with Crippen LogP contribution in [-0.4, -0.2) is 26.2 Å². The van der Waals surface area contributed by atoms with Gasteiger partial charge in [-0.05, 0) is 0 Å². The molecule has 0 rings (SSSR count). The van der Waals surface area contributed by atoms with Crippen molar-refractivity contribution in [2.24, 2.45) is 11.6 Å². The summed E-state index contributed by atoms with van der Waals surface area (Å²) in [5.74, 6) is 4.99. The van der Waals surface area contributed by atoms with E-state index < -0.39 is 0 Å². The molecular formula is C4H14N4. The predicted octanol–water partition coefficient (Wildman–Crippen LogP) is -2.00. The largest absolute Gasteiger partial charge is 0.329 e. The number of rotatable bonds is 5.